The number of nitriles is 1. The maximum atomic E-state index is 9.00. The fraction of sp³-hybridized carbons (Fsp3) is 0.278. The molecule has 0 saturated heterocycles. The van der Waals surface area contributed by atoms with E-state index in [9.17, 15) is 0 Å². The van der Waals surface area contributed by atoms with Crippen LogP contribution in [0.2, 0.25) is 0 Å². The molecule has 2 aromatic carbocycles. The number of hydrogen-bond donors (Lipinski definition) is 0. The van der Waals surface area contributed by atoms with Crippen molar-refractivity contribution in [3.05, 3.63) is 65.7 Å². The van der Waals surface area contributed by atoms with Crippen LogP contribution < -0.4 is 4.74 Å². The first-order chi connectivity index (χ1) is 10.3. The zero-order valence-electron chi connectivity index (χ0n) is 12.3. The van der Waals surface area contributed by atoms with Crippen LogP contribution in [0.15, 0.2) is 54.6 Å². The molecule has 0 bridgehead atoms. The van der Waals surface area contributed by atoms with Crippen LogP contribution in [0.25, 0.3) is 0 Å². The number of para-hydroxylation sites is 1. The van der Waals surface area contributed by atoms with E-state index in [-0.39, 0.29) is 0 Å². The predicted molar refractivity (Wildman–Crippen MR) is 84.3 cm³/mol. The van der Waals surface area contributed by atoms with Gasteiger partial charge in [0, 0.05) is 13.1 Å². The second-order valence-electron chi connectivity index (χ2n) is 5.00. The summed E-state index contributed by atoms with van der Waals surface area (Å²) in [5.74, 6) is 0.663. The van der Waals surface area contributed by atoms with Gasteiger partial charge in [0.25, 0.3) is 0 Å². The molecule has 108 valence electrons. The normalized spacial score (nSPS) is 10.3. The Balaban J connectivity index is 1.72. The lowest BCUT2D eigenvalue weighted by Gasteiger charge is -2.17. The van der Waals surface area contributed by atoms with Gasteiger partial charge in [0.05, 0.1) is 5.56 Å². The Kier molecular flexibility index (Phi) is 5.81. The lowest BCUT2D eigenvalue weighted by Crippen LogP contribution is -2.26. The number of benzene rings is 2. The van der Waals surface area contributed by atoms with E-state index in [0.29, 0.717) is 17.9 Å². The van der Waals surface area contributed by atoms with Crippen LogP contribution in [0.5, 0.6) is 5.75 Å². The highest BCUT2D eigenvalue weighted by Crippen LogP contribution is 2.16. The van der Waals surface area contributed by atoms with Crippen LogP contribution in [-0.2, 0) is 6.42 Å². The van der Waals surface area contributed by atoms with Crippen molar-refractivity contribution in [1.82, 2.24) is 4.90 Å². The number of hydrogen-bond acceptors (Lipinski definition) is 3. The predicted octanol–water partition coefficient (Wildman–Crippen LogP) is 3.11. The van der Waals surface area contributed by atoms with Crippen molar-refractivity contribution >= 4 is 0 Å². The Morgan fingerprint density at radius 3 is 2.48 bits per heavy atom. The second kappa shape index (κ2) is 8.08. The molecule has 2 rings (SSSR count). The van der Waals surface area contributed by atoms with E-state index in [1.54, 1.807) is 6.07 Å². The van der Waals surface area contributed by atoms with Crippen LogP contribution in [0.4, 0.5) is 0 Å². The molecule has 0 heterocycles. The van der Waals surface area contributed by atoms with Gasteiger partial charge in [-0.25, -0.2) is 0 Å². The molecular formula is C18H20N2O. The van der Waals surface area contributed by atoms with E-state index in [4.69, 9.17) is 10.00 Å². The van der Waals surface area contributed by atoms with Crippen LogP contribution in [0.1, 0.15) is 11.1 Å². The van der Waals surface area contributed by atoms with E-state index >= 15 is 0 Å². The Morgan fingerprint density at radius 1 is 1.00 bits per heavy atom. The minimum absolute atomic E-state index is 0.587. The summed E-state index contributed by atoms with van der Waals surface area (Å²) >= 11 is 0. The van der Waals surface area contributed by atoms with Crippen molar-refractivity contribution in [2.45, 2.75) is 6.42 Å². The lowest BCUT2D eigenvalue weighted by atomic mass is 10.1. The zero-order chi connectivity index (χ0) is 14.9. The molecule has 0 aliphatic carbocycles. The fourth-order valence-electron chi connectivity index (χ4n) is 2.07. The van der Waals surface area contributed by atoms with E-state index in [0.717, 1.165) is 19.5 Å². The van der Waals surface area contributed by atoms with E-state index < -0.39 is 0 Å². The first-order valence-corrected chi connectivity index (χ1v) is 7.14. The standard InChI is InChI=1S/C18H20N2O/c1-20(12-11-16-7-3-2-4-8-16)13-14-21-18-10-6-5-9-17(18)15-19/h2-10H,11-14H2,1H3. The highest BCUT2D eigenvalue weighted by atomic mass is 16.5. The Bertz CT molecular complexity index is 590. The van der Waals surface area contributed by atoms with E-state index in [1.807, 2.05) is 24.3 Å². The topological polar surface area (TPSA) is 36.3 Å². The van der Waals surface area contributed by atoms with Crippen LogP contribution >= 0.6 is 0 Å². The van der Waals surface area contributed by atoms with Gasteiger partial charge < -0.3 is 9.64 Å². The molecule has 0 fully saturated rings. The molecule has 0 radical (unpaired) electrons. The molecule has 0 spiro atoms. The SMILES string of the molecule is CN(CCOc1ccccc1C#N)CCc1ccccc1. The molecule has 0 unspecified atom stereocenters. The molecule has 0 aromatic heterocycles. The highest BCUT2D eigenvalue weighted by molar-refractivity contribution is 5.42. The van der Waals surface area contributed by atoms with Crippen molar-refractivity contribution in [2.24, 2.45) is 0 Å². The molecule has 0 N–H and O–H groups in total. The largest absolute Gasteiger partial charge is 0.491 e. The molecular weight excluding hydrogens is 260 g/mol. The molecule has 0 aliphatic rings. The second-order valence-corrected chi connectivity index (χ2v) is 5.00. The zero-order valence-corrected chi connectivity index (χ0v) is 12.3. The molecule has 21 heavy (non-hydrogen) atoms. The van der Waals surface area contributed by atoms with Gasteiger partial charge in [-0.05, 0) is 31.2 Å². The molecule has 0 amide bonds. The van der Waals surface area contributed by atoms with Gasteiger partial charge in [-0.2, -0.15) is 5.26 Å². The van der Waals surface area contributed by atoms with Crippen molar-refractivity contribution in [3.8, 4) is 11.8 Å². The molecule has 0 atom stereocenters. The van der Waals surface area contributed by atoms with Gasteiger partial charge in [0.15, 0.2) is 0 Å². The molecule has 2 aromatic rings. The van der Waals surface area contributed by atoms with Crippen LogP contribution in [0.3, 0.4) is 0 Å². The third-order valence-corrected chi connectivity index (χ3v) is 3.36. The van der Waals surface area contributed by atoms with Gasteiger partial charge in [-0.3, -0.25) is 0 Å². The third kappa shape index (κ3) is 4.94. The summed E-state index contributed by atoms with van der Waals surface area (Å²) in [7, 11) is 2.09. The number of ether oxygens (including phenoxy) is 1. The average molecular weight is 280 g/mol. The summed E-state index contributed by atoms with van der Waals surface area (Å²) in [5, 5.41) is 9.00. The number of rotatable bonds is 7. The summed E-state index contributed by atoms with van der Waals surface area (Å²) < 4.78 is 5.69. The minimum atomic E-state index is 0.587. The van der Waals surface area contributed by atoms with Gasteiger partial charge in [-0.1, -0.05) is 42.5 Å². The molecule has 0 saturated carbocycles. The quantitative estimate of drug-likeness (QED) is 0.782. The van der Waals surface area contributed by atoms with E-state index in [1.165, 1.54) is 5.56 Å². The lowest BCUT2D eigenvalue weighted by molar-refractivity contribution is 0.238. The first-order valence-electron chi connectivity index (χ1n) is 7.14. The summed E-state index contributed by atoms with van der Waals surface area (Å²) in [6.45, 7) is 2.42. The van der Waals surface area contributed by atoms with Crippen molar-refractivity contribution in [3.63, 3.8) is 0 Å². The highest BCUT2D eigenvalue weighted by Gasteiger charge is 2.03. The molecule has 3 heteroatoms. The molecule has 0 aliphatic heterocycles. The van der Waals surface area contributed by atoms with Crippen molar-refractivity contribution in [2.75, 3.05) is 26.7 Å². The first kappa shape index (κ1) is 15.1. The van der Waals surface area contributed by atoms with Gasteiger partial charge >= 0.3 is 0 Å². The van der Waals surface area contributed by atoms with Gasteiger partial charge in [0.2, 0.25) is 0 Å². The summed E-state index contributed by atoms with van der Waals surface area (Å²) in [6, 6.07) is 19.9. The monoisotopic (exact) mass is 280 g/mol. The maximum Gasteiger partial charge on any atom is 0.137 e. The number of nitrogens with zero attached hydrogens (tertiary/aromatic N) is 2. The van der Waals surface area contributed by atoms with Crippen LogP contribution in [-0.4, -0.2) is 31.6 Å². The van der Waals surface area contributed by atoms with E-state index in [2.05, 4.69) is 42.3 Å². The van der Waals surface area contributed by atoms with Crippen LogP contribution in [0, 0.1) is 11.3 Å². The Labute approximate surface area is 126 Å². The maximum absolute atomic E-state index is 9.00. The summed E-state index contributed by atoms with van der Waals surface area (Å²) in [5.41, 5.74) is 1.93. The van der Waals surface area contributed by atoms with Crippen molar-refractivity contribution in [1.29, 1.82) is 5.26 Å². The fourth-order valence-corrected chi connectivity index (χ4v) is 2.07. The Hall–Kier alpha value is -2.31. The van der Waals surface area contributed by atoms with Crippen molar-refractivity contribution < 1.29 is 4.74 Å². The van der Waals surface area contributed by atoms with Gasteiger partial charge in [0.1, 0.15) is 18.4 Å². The smallest absolute Gasteiger partial charge is 0.137 e. The minimum Gasteiger partial charge on any atom is -0.491 e. The number of likely N-dealkylation sites (N-methyl/N-ethyl adjacent to an activating group) is 1. The summed E-state index contributed by atoms with van der Waals surface area (Å²) in [4.78, 5) is 2.24. The third-order valence-electron chi connectivity index (χ3n) is 3.36. The average Bonchev–Trinajstić information content (AvgIpc) is 2.54. The Morgan fingerprint density at radius 2 is 1.71 bits per heavy atom. The van der Waals surface area contributed by atoms with Gasteiger partial charge in [-0.15, -0.1) is 0 Å². The molecule has 3 nitrogen and oxygen atoms in total. The summed E-state index contributed by atoms with van der Waals surface area (Å²) in [6.07, 6.45) is 1.03.